The summed E-state index contributed by atoms with van der Waals surface area (Å²) in [5, 5.41) is 7.11. The number of anilines is 1. The van der Waals surface area contributed by atoms with Crippen LogP contribution in [0.5, 0.6) is 0 Å². The molecule has 2 rings (SSSR count). The van der Waals surface area contributed by atoms with E-state index in [9.17, 15) is 13.2 Å². The van der Waals surface area contributed by atoms with E-state index in [1.165, 1.54) is 0 Å². The lowest BCUT2D eigenvalue weighted by Crippen LogP contribution is -2.28. The monoisotopic (exact) mass is 235 g/mol. The van der Waals surface area contributed by atoms with Gasteiger partial charge in [0.1, 0.15) is 0 Å². The van der Waals surface area contributed by atoms with Crippen LogP contribution >= 0.6 is 0 Å². The quantitative estimate of drug-likeness (QED) is 0.812. The Labute approximate surface area is 90.0 Å². The first-order valence-electron chi connectivity index (χ1n) is 5.12. The minimum atomic E-state index is -4.13. The topological polar surface area (TPSA) is 64.9 Å². The summed E-state index contributed by atoms with van der Waals surface area (Å²) in [4.78, 5) is 0. The summed E-state index contributed by atoms with van der Waals surface area (Å²) in [6, 6.07) is -0.0934. The molecule has 0 bridgehead atoms. The smallest absolute Gasteiger partial charge is 0.391 e. The van der Waals surface area contributed by atoms with Gasteiger partial charge >= 0.3 is 12.2 Å². The molecule has 1 aromatic heterocycles. The Kier molecular flexibility index (Phi) is 2.77. The van der Waals surface area contributed by atoms with Crippen LogP contribution in [-0.2, 0) is 0 Å². The number of nitrogens with zero attached hydrogens (tertiary/aromatic N) is 2. The van der Waals surface area contributed by atoms with E-state index in [2.05, 4.69) is 10.2 Å². The molecule has 0 aromatic carbocycles. The van der Waals surface area contributed by atoms with Crippen LogP contribution in [0.1, 0.15) is 37.5 Å². The molecule has 16 heavy (non-hydrogen) atoms. The Balaban J connectivity index is 2.07. The largest absolute Gasteiger partial charge is 0.408 e. The fraction of sp³-hybridized carbons (Fsp3) is 0.778. The van der Waals surface area contributed by atoms with E-state index in [0.29, 0.717) is 12.8 Å². The maximum atomic E-state index is 12.5. The molecule has 0 unspecified atom stereocenters. The molecule has 90 valence electrons. The third-order valence-corrected chi connectivity index (χ3v) is 2.94. The van der Waals surface area contributed by atoms with Gasteiger partial charge in [0.15, 0.2) is 0 Å². The Hall–Kier alpha value is -1.27. The van der Waals surface area contributed by atoms with Crippen molar-refractivity contribution in [3.63, 3.8) is 0 Å². The molecule has 1 aliphatic carbocycles. The number of alkyl halides is 3. The van der Waals surface area contributed by atoms with Crippen LogP contribution in [0.4, 0.5) is 19.2 Å². The van der Waals surface area contributed by atoms with E-state index in [1.54, 1.807) is 0 Å². The molecule has 2 N–H and O–H groups in total. The predicted molar refractivity (Wildman–Crippen MR) is 49.5 cm³/mol. The molecule has 0 amide bonds. The van der Waals surface area contributed by atoms with Gasteiger partial charge in [-0.15, -0.1) is 5.10 Å². The average molecular weight is 235 g/mol. The van der Waals surface area contributed by atoms with Gasteiger partial charge in [-0.25, -0.2) is 0 Å². The van der Waals surface area contributed by atoms with Crippen molar-refractivity contribution >= 4 is 6.01 Å². The minimum absolute atomic E-state index is 0.0190. The van der Waals surface area contributed by atoms with Gasteiger partial charge in [-0.1, -0.05) is 11.5 Å². The second-order valence-electron chi connectivity index (χ2n) is 4.08. The maximum absolute atomic E-state index is 12.5. The van der Waals surface area contributed by atoms with Gasteiger partial charge < -0.3 is 10.2 Å². The maximum Gasteiger partial charge on any atom is 0.391 e. The molecule has 1 fully saturated rings. The molecule has 1 aliphatic rings. The lowest BCUT2D eigenvalue weighted by molar-refractivity contribution is -0.183. The van der Waals surface area contributed by atoms with Gasteiger partial charge in [-0.2, -0.15) is 13.2 Å². The van der Waals surface area contributed by atoms with Gasteiger partial charge in [-0.3, -0.25) is 0 Å². The molecule has 0 saturated heterocycles. The highest BCUT2D eigenvalue weighted by Crippen LogP contribution is 2.43. The summed E-state index contributed by atoms with van der Waals surface area (Å²) in [6.07, 6.45) is -2.76. The molecule has 1 aromatic rings. The van der Waals surface area contributed by atoms with Crippen molar-refractivity contribution in [3.05, 3.63) is 5.89 Å². The summed E-state index contributed by atoms with van der Waals surface area (Å²) >= 11 is 0. The van der Waals surface area contributed by atoms with E-state index in [0.717, 1.165) is 0 Å². The van der Waals surface area contributed by atoms with Crippen LogP contribution in [0.2, 0.25) is 0 Å². The number of aromatic nitrogens is 2. The molecule has 1 saturated carbocycles. The summed E-state index contributed by atoms with van der Waals surface area (Å²) in [6.45, 7) is 0. The fourth-order valence-electron chi connectivity index (χ4n) is 2.12. The Morgan fingerprint density at radius 3 is 2.56 bits per heavy atom. The Morgan fingerprint density at radius 2 is 2.00 bits per heavy atom. The third-order valence-electron chi connectivity index (χ3n) is 2.94. The number of hydrogen-bond donors (Lipinski definition) is 1. The normalized spacial score (nSPS) is 26.9. The van der Waals surface area contributed by atoms with Gasteiger partial charge in [0.25, 0.3) is 0 Å². The molecular weight excluding hydrogens is 223 g/mol. The predicted octanol–water partition coefficient (Wildman–Crippen LogP) is 2.49. The van der Waals surface area contributed by atoms with Crippen molar-refractivity contribution in [2.75, 3.05) is 5.73 Å². The van der Waals surface area contributed by atoms with Crippen molar-refractivity contribution < 1.29 is 17.6 Å². The zero-order valence-electron chi connectivity index (χ0n) is 8.50. The molecule has 0 spiro atoms. The summed E-state index contributed by atoms with van der Waals surface area (Å²) < 4.78 is 42.6. The number of halogens is 3. The third kappa shape index (κ3) is 2.28. The number of rotatable bonds is 1. The highest BCUT2D eigenvalue weighted by molar-refractivity contribution is 5.07. The van der Waals surface area contributed by atoms with Crippen molar-refractivity contribution in [2.24, 2.45) is 5.92 Å². The Bertz CT molecular complexity index is 363. The second kappa shape index (κ2) is 3.95. The van der Waals surface area contributed by atoms with Crippen LogP contribution in [0.25, 0.3) is 0 Å². The van der Waals surface area contributed by atoms with Crippen LogP contribution < -0.4 is 5.73 Å². The lowest BCUT2D eigenvalue weighted by Gasteiger charge is -2.28. The summed E-state index contributed by atoms with van der Waals surface area (Å²) in [5.41, 5.74) is 5.24. The summed E-state index contributed by atoms with van der Waals surface area (Å²) in [5.74, 6) is -1.35. The van der Waals surface area contributed by atoms with E-state index < -0.39 is 12.1 Å². The van der Waals surface area contributed by atoms with Gasteiger partial charge in [0, 0.05) is 5.92 Å². The number of nitrogens with two attached hydrogens (primary N) is 1. The number of nitrogen functional groups attached to an aromatic ring is 1. The molecule has 2 atom stereocenters. The molecule has 4 nitrogen and oxygen atoms in total. The standard InChI is InChI=1S/C9H12F3N3O/c10-9(11,12)6-3-1-2-5(4-6)7-14-15-8(13)16-7/h5-6H,1-4H2,(H2,13,15)/t5-,6+/m1/s1. The van der Waals surface area contributed by atoms with Gasteiger partial charge in [-0.05, 0) is 19.3 Å². The first-order valence-corrected chi connectivity index (χ1v) is 5.12. The number of hydrogen-bond acceptors (Lipinski definition) is 4. The SMILES string of the molecule is Nc1nnc([C@@H]2CCC[C@H](C(F)(F)F)C2)o1. The van der Waals surface area contributed by atoms with E-state index in [-0.39, 0.29) is 30.7 Å². The van der Waals surface area contributed by atoms with Crippen molar-refractivity contribution in [2.45, 2.75) is 37.8 Å². The average Bonchev–Trinajstić information content (AvgIpc) is 2.64. The molecule has 0 aliphatic heterocycles. The zero-order chi connectivity index (χ0) is 11.8. The Morgan fingerprint density at radius 1 is 1.25 bits per heavy atom. The van der Waals surface area contributed by atoms with Crippen LogP contribution in [0.15, 0.2) is 4.42 Å². The van der Waals surface area contributed by atoms with Crippen LogP contribution in [0.3, 0.4) is 0 Å². The lowest BCUT2D eigenvalue weighted by atomic mass is 9.81. The van der Waals surface area contributed by atoms with Crippen molar-refractivity contribution in [1.82, 2.24) is 10.2 Å². The minimum Gasteiger partial charge on any atom is -0.408 e. The van der Waals surface area contributed by atoms with Crippen molar-refractivity contribution in [1.29, 1.82) is 0 Å². The molecule has 0 radical (unpaired) electrons. The van der Waals surface area contributed by atoms with E-state index >= 15 is 0 Å². The molecule has 1 heterocycles. The van der Waals surface area contributed by atoms with Gasteiger partial charge in [0.2, 0.25) is 5.89 Å². The van der Waals surface area contributed by atoms with Crippen molar-refractivity contribution in [3.8, 4) is 0 Å². The summed E-state index contributed by atoms with van der Waals surface area (Å²) in [7, 11) is 0. The zero-order valence-corrected chi connectivity index (χ0v) is 8.50. The van der Waals surface area contributed by atoms with E-state index in [4.69, 9.17) is 10.2 Å². The molecule has 7 heteroatoms. The van der Waals surface area contributed by atoms with E-state index in [1.807, 2.05) is 0 Å². The fourth-order valence-corrected chi connectivity index (χ4v) is 2.12. The first kappa shape index (κ1) is 11.2. The van der Waals surface area contributed by atoms with Crippen LogP contribution in [0, 0.1) is 5.92 Å². The van der Waals surface area contributed by atoms with Crippen LogP contribution in [-0.4, -0.2) is 16.4 Å². The second-order valence-corrected chi connectivity index (χ2v) is 4.08. The first-order chi connectivity index (χ1) is 7.47. The highest BCUT2D eigenvalue weighted by atomic mass is 19.4. The highest BCUT2D eigenvalue weighted by Gasteiger charge is 2.43. The molecular formula is C9H12F3N3O. The van der Waals surface area contributed by atoms with Gasteiger partial charge in [0.05, 0.1) is 5.92 Å².